The Morgan fingerprint density at radius 2 is 1.97 bits per heavy atom. The van der Waals surface area contributed by atoms with Gasteiger partial charge in [-0.1, -0.05) is 11.8 Å². The van der Waals surface area contributed by atoms with Crippen molar-refractivity contribution in [1.29, 1.82) is 0 Å². The molecular formula is C23H21F3N4O3S. The fourth-order valence-corrected chi connectivity index (χ4v) is 4.72. The normalized spacial score (nSPS) is 12.9. The van der Waals surface area contributed by atoms with Gasteiger partial charge in [0.15, 0.2) is 0 Å². The fourth-order valence-electron chi connectivity index (χ4n) is 3.84. The van der Waals surface area contributed by atoms with E-state index in [0.29, 0.717) is 11.6 Å². The molecule has 0 aliphatic heterocycles. The number of amides is 1. The number of nitrogens with zero attached hydrogens (tertiary/aromatic N) is 3. The Hall–Kier alpha value is -3.34. The van der Waals surface area contributed by atoms with E-state index in [2.05, 4.69) is 15.3 Å². The molecule has 0 bridgehead atoms. The second kappa shape index (κ2) is 9.88. The van der Waals surface area contributed by atoms with Crippen LogP contribution in [0.5, 0.6) is 5.75 Å². The summed E-state index contributed by atoms with van der Waals surface area (Å²) in [7, 11) is 1.31. The van der Waals surface area contributed by atoms with Crippen molar-refractivity contribution in [3.05, 3.63) is 75.6 Å². The first-order valence-corrected chi connectivity index (χ1v) is 11.4. The van der Waals surface area contributed by atoms with Crippen molar-refractivity contribution < 1.29 is 22.7 Å². The first-order valence-electron chi connectivity index (χ1n) is 10.5. The van der Waals surface area contributed by atoms with Crippen molar-refractivity contribution in [2.75, 3.05) is 18.2 Å². The van der Waals surface area contributed by atoms with Gasteiger partial charge in [0, 0.05) is 23.7 Å². The number of ether oxygens (including phenoxy) is 1. The second-order valence-electron chi connectivity index (χ2n) is 7.67. The Bertz CT molecular complexity index is 1260. The van der Waals surface area contributed by atoms with E-state index in [4.69, 9.17) is 4.74 Å². The maximum Gasteiger partial charge on any atom is 0.416 e. The highest BCUT2D eigenvalue weighted by atomic mass is 32.2. The zero-order valence-electron chi connectivity index (χ0n) is 18.2. The molecular weight excluding hydrogens is 469 g/mol. The van der Waals surface area contributed by atoms with Crippen LogP contribution in [0.4, 0.5) is 18.9 Å². The van der Waals surface area contributed by atoms with Gasteiger partial charge in [-0.2, -0.15) is 18.2 Å². The third-order valence-electron chi connectivity index (χ3n) is 5.43. The third kappa shape index (κ3) is 5.24. The molecule has 0 spiro atoms. The Balaban J connectivity index is 1.50. The van der Waals surface area contributed by atoms with Gasteiger partial charge >= 0.3 is 11.9 Å². The number of benzene rings is 1. The lowest BCUT2D eigenvalue weighted by Gasteiger charge is -2.15. The van der Waals surface area contributed by atoms with E-state index in [1.807, 2.05) is 12.1 Å². The number of hydrogen-bond acceptors (Lipinski definition) is 6. The lowest BCUT2D eigenvalue weighted by Crippen LogP contribution is -2.28. The molecule has 11 heteroatoms. The van der Waals surface area contributed by atoms with Crippen LogP contribution < -0.4 is 15.7 Å². The molecule has 1 aliphatic carbocycles. The van der Waals surface area contributed by atoms with Crippen LogP contribution in [0.25, 0.3) is 0 Å². The number of pyridine rings is 1. The van der Waals surface area contributed by atoms with Gasteiger partial charge in [-0.25, -0.2) is 4.79 Å². The molecule has 0 radical (unpaired) electrons. The monoisotopic (exact) mass is 490 g/mol. The number of rotatable bonds is 7. The summed E-state index contributed by atoms with van der Waals surface area (Å²) in [5.41, 5.74) is 1.40. The van der Waals surface area contributed by atoms with Crippen LogP contribution in [0.2, 0.25) is 0 Å². The summed E-state index contributed by atoms with van der Waals surface area (Å²) >= 11 is 1.10. The molecule has 3 aromatic rings. The predicted molar refractivity (Wildman–Crippen MR) is 121 cm³/mol. The standard InChI is InChI=1S/C23H21F3N4O3S/c1-33-19-6-5-15(23(24,25)26)11-17(19)28-20(31)13-34-21-16-3-2-4-18(16)30(22(32)29-21)12-14-7-9-27-10-8-14/h5-11H,2-4,12-13H2,1H3,(H,28,31). The molecule has 2 aromatic heterocycles. The minimum Gasteiger partial charge on any atom is -0.495 e. The number of anilines is 1. The van der Waals surface area contributed by atoms with Crippen LogP contribution in [0, 0.1) is 0 Å². The molecule has 0 saturated carbocycles. The molecule has 1 amide bonds. The predicted octanol–water partition coefficient (Wildman–Crippen LogP) is 3.93. The van der Waals surface area contributed by atoms with Crippen LogP contribution in [-0.4, -0.2) is 33.3 Å². The largest absolute Gasteiger partial charge is 0.495 e. The van der Waals surface area contributed by atoms with Gasteiger partial charge in [0.25, 0.3) is 0 Å². The van der Waals surface area contributed by atoms with Gasteiger partial charge in [0.1, 0.15) is 10.8 Å². The number of carbonyl (C=O) groups is 1. The van der Waals surface area contributed by atoms with Crippen molar-refractivity contribution in [3.63, 3.8) is 0 Å². The van der Waals surface area contributed by atoms with E-state index >= 15 is 0 Å². The number of methoxy groups -OCH3 is 1. The summed E-state index contributed by atoms with van der Waals surface area (Å²) in [6.07, 6.45) is 1.12. The first-order chi connectivity index (χ1) is 16.3. The Labute approximate surface area is 197 Å². The molecule has 1 aliphatic rings. The fraction of sp³-hybridized carbons (Fsp3) is 0.304. The van der Waals surface area contributed by atoms with Crippen molar-refractivity contribution in [2.45, 2.75) is 37.0 Å². The van der Waals surface area contributed by atoms with Crippen LogP contribution >= 0.6 is 11.8 Å². The number of fused-ring (bicyclic) bond motifs is 1. The zero-order valence-corrected chi connectivity index (χ0v) is 19.0. The number of hydrogen-bond donors (Lipinski definition) is 1. The average Bonchev–Trinajstić information content (AvgIpc) is 3.30. The minimum absolute atomic E-state index is 0.0751. The molecule has 7 nitrogen and oxygen atoms in total. The Morgan fingerprint density at radius 1 is 1.21 bits per heavy atom. The van der Waals surface area contributed by atoms with Gasteiger partial charge < -0.3 is 10.1 Å². The summed E-state index contributed by atoms with van der Waals surface area (Å²) in [4.78, 5) is 33.5. The quantitative estimate of drug-likeness (QED) is 0.399. The molecule has 0 fully saturated rings. The molecule has 0 atom stereocenters. The molecule has 1 N–H and O–H groups in total. The molecule has 178 valence electrons. The number of thioether (sulfide) groups is 1. The SMILES string of the molecule is COc1ccc(C(F)(F)F)cc1NC(=O)CSc1nc(=O)n(Cc2ccncc2)c2c1CCC2. The topological polar surface area (TPSA) is 86.1 Å². The highest BCUT2D eigenvalue weighted by Crippen LogP contribution is 2.35. The van der Waals surface area contributed by atoms with Crippen LogP contribution in [0.3, 0.4) is 0 Å². The smallest absolute Gasteiger partial charge is 0.416 e. The maximum atomic E-state index is 13.0. The number of alkyl halides is 3. The lowest BCUT2D eigenvalue weighted by atomic mass is 10.2. The second-order valence-corrected chi connectivity index (χ2v) is 8.63. The van der Waals surface area contributed by atoms with Gasteiger partial charge in [-0.15, -0.1) is 0 Å². The van der Waals surface area contributed by atoms with Crippen molar-refractivity contribution in [1.82, 2.24) is 14.5 Å². The van der Waals surface area contributed by atoms with Crippen LogP contribution in [0.15, 0.2) is 52.5 Å². The van der Waals surface area contributed by atoms with Gasteiger partial charge in [-0.3, -0.25) is 14.3 Å². The molecule has 4 rings (SSSR count). The zero-order chi connectivity index (χ0) is 24.3. The number of aromatic nitrogens is 3. The van der Waals surface area contributed by atoms with Crippen molar-refractivity contribution >= 4 is 23.4 Å². The Kier molecular flexibility index (Phi) is 6.92. The van der Waals surface area contributed by atoms with E-state index in [9.17, 15) is 22.8 Å². The van der Waals surface area contributed by atoms with Gasteiger partial charge in [0.2, 0.25) is 5.91 Å². The van der Waals surface area contributed by atoms with E-state index in [1.165, 1.54) is 7.11 Å². The molecule has 0 saturated heterocycles. The van der Waals surface area contributed by atoms with Crippen molar-refractivity contribution in [3.8, 4) is 5.75 Å². The summed E-state index contributed by atoms with van der Waals surface area (Å²) in [6.45, 7) is 0.386. The molecule has 1 aromatic carbocycles. The van der Waals surface area contributed by atoms with Crippen LogP contribution in [-0.2, 0) is 30.4 Å². The van der Waals surface area contributed by atoms with Crippen molar-refractivity contribution in [2.24, 2.45) is 0 Å². The van der Waals surface area contributed by atoms with E-state index in [0.717, 1.165) is 66.0 Å². The van der Waals surface area contributed by atoms with E-state index in [1.54, 1.807) is 17.0 Å². The van der Waals surface area contributed by atoms with E-state index in [-0.39, 0.29) is 17.2 Å². The molecule has 0 unspecified atom stereocenters. The molecule has 34 heavy (non-hydrogen) atoms. The number of nitrogens with one attached hydrogen (secondary N) is 1. The highest BCUT2D eigenvalue weighted by Gasteiger charge is 2.31. The Morgan fingerprint density at radius 3 is 2.68 bits per heavy atom. The average molecular weight is 491 g/mol. The first kappa shape index (κ1) is 23.8. The summed E-state index contributed by atoms with van der Waals surface area (Å²) in [5, 5.41) is 2.95. The molecule has 2 heterocycles. The number of carbonyl (C=O) groups excluding carboxylic acids is 1. The summed E-state index contributed by atoms with van der Waals surface area (Å²) in [6, 6.07) is 6.54. The minimum atomic E-state index is -4.55. The van der Waals surface area contributed by atoms with Gasteiger partial charge in [-0.05, 0) is 55.2 Å². The lowest BCUT2D eigenvalue weighted by molar-refractivity contribution is -0.137. The summed E-state index contributed by atoms with van der Waals surface area (Å²) in [5.74, 6) is -0.534. The highest BCUT2D eigenvalue weighted by molar-refractivity contribution is 8.00. The van der Waals surface area contributed by atoms with Crippen LogP contribution in [0.1, 0.15) is 28.8 Å². The van der Waals surface area contributed by atoms with Gasteiger partial charge in [0.05, 0.1) is 30.7 Å². The summed E-state index contributed by atoms with van der Waals surface area (Å²) < 4.78 is 45.8. The number of halogens is 3. The maximum absolute atomic E-state index is 13.0. The van der Waals surface area contributed by atoms with E-state index < -0.39 is 23.3 Å². The third-order valence-corrected chi connectivity index (χ3v) is 6.45.